The minimum Gasteiger partial charge on any atom is -0.488 e. The number of carbonyl (C=O) groups is 1. The number of aryl methyl sites for hydroxylation is 2. The average molecular weight is 455 g/mol. The van der Waals surface area contributed by atoms with Gasteiger partial charge < -0.3 is 19.3 Å². The van der Waals surface area contributed by atoms with E-state index in [4.69, 9.17) is 25.6 Å². The molecular formula is C25H27ClN2O4. The molecule has 1 amide bonds. The van der Waals surface area contributed by atoms with Crippen LogP contribution < -0.4 is 10.1 Å². The number of hydrogen-bond acceptors (Lipinski definition) is 5. The van der Waals surface area contributed by atoms with E-state index in [1.165, 1.54) is 0 Å². The Labute approximate surface area is 192 Å². The highest BCUT2D eigenvalue weighted by molar-refractivity contribution is 6.30. The molecule has 1 aliphatic heterocycles. The quantitative estimate of drug-likeness (QED) is 0.543. The molecule has 0 atom stereocenters. The van der Waals surface area contributed by atoms with E-state index < -0.39 is 0 Å². The van der Waals surface area contributed by atoms with Crippen LogP contribution in [0.4, 0.5) is 0 Å². The van der Waals surface area contributed by atoms with Gasteiger partial charge in [-0.1, -0.05) is 41.0 Å². The highest BCUT2D eigenvalue weighted by atomic mass is 35.5. The minimum atomic E-state index is -0.189. The molecule has 1 aliphatic rings. The van der Waals surface area contributed by atoms with Gasteiger partial charge in [0, 0.05) is 30.2 Å². The summed E-state index contributed by atoms with van der Waals surface area (Å²) < 4.78 is 16.8. The first-order valence-corrected chi connectivity index (χ1v) is 11.1. The lowest BCUT2D eigenvalue weighted by Crippen LogP contribution is -2.44. The van der Waals surface area contributed by atoms with Crippen molar-refractivity contribution in [1.82, 2.24) is 10.5 Å². The zero-order chi connectivity index (χ0) is 22.6. The van der Waals surface area contributed by atoms with Gasteiger partial charge in [-0.25, -0.2) is 0 Å². The molecule has 0 spiro atoms. The monoisotopic (exact) mass is 454 g/mol. The van der Waals surface area contributed by atoms with Crippen LogP contribution in [0, 0.1) is 13.8 Å². The van der Waals surface area contributed by atoms with Gasteiger partial charge >= 0.3 is 0 Å². The van der Waals surface area contributed by atoms with Gasteiger partial charge in [0.05, 0.1) is 16.8 Å². The molecule has 1 N–H and O–H groups in total. The van der Waals surface area contributed by atoms with Crippen molar-refractivity contribution in [2.75, 3.05) is 19.8 Å². The second-order valence-corrected chi connectivity index (χ2v) is 8.61. The lowest BCUT2D eigenvalue weighted by atomic mass is 9.74. The maximum atomic E-state index is 13.2. The number of carbonyl (C=O) groups excluding carboxylic acids is 1. The van der Waals surface area contributed by atoms with Gasteiger partial charge in [-0.2, -0.15) is 0 Å². The van der Waals surface area contributed by atoms with Crippen LogP contribution >= 0.6 is 11.6 Å². The van der Waals surface area contributed by atoms with Crippen LogP contribution in [-0.4, -0.2) is 30.8 Å². The van der Waals surface area contributed by atoms with Crippen molar-refractivity contribution in [2.24, 2.45) is 0 Å². The van der Waals surface area contributed by atoms with Crippen molar-refractivity contribution < 1.29 is 18.8 Å². The van der Waals surface area contributed by atoms with Crippen LogP contribution in [0.25, 0.3) is 0 Å². The molecule has 1 fully saturated rings. The predicted octanol–water partition coefficient (Wildman–Crippen LogP) is 5.00. The number of nitrogens with zero attached hydrogens (tertiary/aromatic N) is 1. The number of nitrogens with one attached hydrogen (secondary N) is 1. The first-order chi connectivity index (χ1) is 15.5. The number of benzene rings is 2. The van der Waals surface area contributed by atoms with Crippen LogP contribution in [0.5, 0.6) is 5.75 Å². The molecule has 1 aromatic heterocycles. The average Bonchev–Trinajstić information content (AvgIpc) is 3.14. The fraction of sp³-hybridized carbons (Fsp3) is 0.360. The summed E-state index contributed by atoms with van der Waals surface area (Å²) in [5.74, 6) is 1.07. The molecule has 0 bridgehead atoms. The smallest absolute Gasteiger partial charge is 0.255 e. The Balaban J connectivity index is 1.49. The predicted molar refractivity (Wildman–Crippen MR) is 122 cm³/mol. The fourth-order valence-corrected chi connectivity index (χ4v) is 4.24. The van der Waals surface area contributed by atoms with Crippen molar-refractivity contribution in [3.63, 3.8) is 0 Å². The molecule has 7 heteroatoms. The molecule has 6 nitrogen and oxygen atoms in total. The number of rotatable bonds is 7. The first-order valence-electron chi connectivity index (χ1n) is 10.7. The van der Waals surface area contributed by atoms with Gasteiger partial charge in [-0.05, 0) is 56.5 Å². The van der Waals surface area contributed by atoms with Gasteiger partial charge in [0.2, 0.25) is 0 Å². The second-order valence-electron chi connectivity index (χ2n) is 8.17. The number of amides is 1. The Bertz CT molecular complexity index is 1050. The van der Waals surface area contributed by atoms with Crippen molar-refractivity contribution in [3.8, 4) is 5.75 Å². The zero-order valence-electron chi connectivity index (χ0n) is 18.3. The maximum absolute atomic E-state index is 13.2. The van der Waals surface area contributed by atoms with Crippen LogP contribution in [0.1, 0.15) is 45.8 Å². The van der Waals surface area contributed by atoms with Gasteiger partial charge in [0.25, 0.3) is 5.91 Å². The summed E-state index contributed by atoms with van der Waals surface area (Å²) in [6, 6.07) is 15.1. The molecule has 2 aromatic carbocycles. The van der Waals surface area contributed by atoms with Crippen molar-refractivity contribution in [3.05, 3.63) is 81.7 Å². The summed E-state index contributed by atoms with van der Waals surface area (Å²) in [6.45, 7) is 5.84. The Morgan fingerprint density at radius 2 is 1.84 bits per heavy atom. The molecule has 0 saturated carbocycles. The minimum absolute atomic E-state index is 0.167. The van der Waals surface area contributed by atoms with Crippen LogP contribution in [0.3, 0.4) is 0 Å². The molecule has 168 valence electrons. The van der Waals surface area contributed by atoms with Gasteiger partial charge in [-0.3, -0.25) is 4.79 Å². The van der Waals surface area contributed by atoms with Crippen LogP contribution in [0.2, 0.25) is 5.02 Å². The van der Waals surface area contributed by atoms with E-state index in [-0.39, 0.29) is 17.9 Å². The molecule has 0 aliphatic carbocycles. The Hall–Kier alpha value is -2.83. The van der Waals surface area contributed by atoms with Crippen molar-refractivity contribution >= 4 is 17.5 Å². The van der Waals surface area contributed by atoms with Crippen molar-refractivity contribution in [2.45, 2.75) is 38.7 Å². The Morgan fingerprint density at radius 1 is 1.12 bits per heavy atom. The number of aromatic nitrogens is 1. The summed E-state index contributed by atoms with van der Waals surface area (Å²) >= 11 is 6.09. The Morgan fingerprint density at radius 3 is 2.53 bits per heavy atom. The highest BCUT2D eigenvalue weighted by Crippen LogP contribution is 2.35. The van der Waals surface area contributed by atoms with Gasteiger partial charge in [0.1, 0.15) is 18.1 Å². The summed E-state index contributed by atoms with van der Waals surface area (Å²) in [6.07, 6.45) is 1.66. The summed E-state index contributed by atoms with van der Waals surface area (Å²) in [5, 5.41) is 7.80. The van der Waals surface area contributed by atoms with Crippen LogP contribution in [-0.2, 0) is 16.8 Å². The van der Waals surface area contributed by atoms with E-state index >= 15 is 0 Å². The molecule has 0 radical (unpaired) electrons. The third-order valence-corrected chi connectivity index (χ3v) is 6.43. The van der Waals surface area contributed by atoms with E-state index in [2.05, 4.69) is 10.5 Å². The largest absolute Gasteiger partial charge is 0.488 e. The summed E-state index contributed by atoms with van der Waals surface area (Å²) in [7, 11) is 0. The van der Waals surface area contributed by atoms with E-state index in [0.29, 0.717) is 41.9 Å². The third kappa shape index (κ3) is 4.81. The van der Waals surface area contributed by atoms with Gasteiger partial charge in [0.15, 0.2) is 0 Å². The standard InChI is InChI=1S/C25H27ClN2O4/c1-17-22(18(2)32-28-17)15-31-23-6-4-3-5-21(23)24(29)27-16-25(11-13-30-14-12-25)19-7-9-20(26)10-8-19/h3-10H,11-16H2,1-2H3,(H,27,29). The first kappa shape index (κ1) is 22.4. The number of ether oxygens (including phenoxy) is 2. The summed E-state index contributed by atoms with van der Waals surface area (Å²) in [4.78, 5) is 13.2. The maximum Gasteiger partial charge on any atom is 0.255 e. The van der Waals surface area contributed by atoms with E-state index in [0.717, 1.165) is 29.7 Å². The molecule has 3 aromatic rings. The van der Waals surface area contributed by atoms with E-state index in [1.807, 2.05) is 50.2 Å². The third-order valence-electron chi connectivity index (χ3n) is 6.18. The zero-order valence-corrected chi connectivity index (χ0v) is 19.1. The SMILES string of the molecule is Cc1noc(C)c1COc1ccccc1C(=O)NCC1(c2ccc(Cl)cc2)CCOCC1. The molecule has 32 heavy (non-hydrogen) atoms. The lowest BCUT2D eigenvalue weighted by Gasteiger charge is -2.38. The van der Waals surface area contributed by atoms with Crippen molar-refractivity contribution in [1.29, 1.82) is 0 Å². The number of para-hydroxylation sites is 1. The number of halogens is 1. The topological polar surface area (TPSA) is 73.6 Å². The lowest BCUT2D eigenvalue weighted by molar-refractivity contribution is 0.0487. The van der Waals surface area contributed by atoms with E-state index in [1.54, 1.807) is 12.1 Å². The summed E-state index contributed by atoms with van der Waals surface area (Å²) in [5.41, 5.74) is 3.15. The molecule has 1 saturated heterocycles. The molecule has 4 rings (SSSR count). The number of hydrogen-bond donors (Lipinski definition) is 1. The second kappa shape index (κ2) is 9.76. The Kier molecular flexibility index (Phi) is 6.82. The highest BCUT2D eigenvalue weighted by Gasteiger charge is 2.35. The molecule has 0 unspecified atom stereocenters. The molecular weight excluding hydrogens is 428 g/mol. The normalized spacial score (nSPS) is 15.3. The van der Waals surface area contributed by atoms with Crippen LogP contribution in [0.15, 0.2) is 53.1 Å². The van der Waals surface area contributed by atoms with E-state index in [9.17, 15) is 4.79 Å². The fourth-order valence-electron chi connectivity index (χ4n) is 4.12. The molecule has 2 heterocycles. The van der Waals surface area contributed by atoms with Gasteiger partial charge in [-0.15, -0.1) is 0 Å².